The maximum atomic E-state index is 12.2. The van der Waals surface area contributed by atoms with Gasteiger partial charge in [0.05, 0.1) is 64.8 Å². The second kappa shape index (κ2) is 11.3. The number of carbonyl (C=O) groups is 2. The number of methoxy groups -OCH3 is 1. The van der Waals surface area contributed by atoms with Crippen LogP contribution in [0.25, 0.3) is 31.5 Å². The van der Waals surface area contributed by atoms with Crippen molar-refractivity contribution in [2.45, 2.75) is 18.8 Å². The maximum Gasteiger partial charge on any atom is 0.341 e. The Hall–Kier alpha value is -3.76. The zero-order chi connectivity index (χ0) is 27.6. The Kier molecular flexibility index (Phi) is 8.13. The van der Waals surface area contributed by atoms with Gasteiger partial charge in [0, 0.05) is 22.6 Å². The van der Waals surface area contributed by atoms with Crippen LogP contribution >= 0.6 is 39.1 Å². The molecule has 0 saturated carbocycles. The minimum absolute atomic E-state index is 0.0786. The van der Waals surface area contributed by atoms with Crippen molar-refractivity contribution >= 4 is 84.2 Å². The number of ether oxygens (including phenoxy) is 1. The lowest BCUT2D eigenvalue weighted by Gasteiger charge is -2.10. The van der Waals surface area contributed by atoms with Crippen LogP contribution in [0.4, 0.5) is 11.4 Å². The molecule has 0 radical (unpaired) electrons. The van der Waals surface area contributed by atoms with E-state index in [-0.39, 0.29) is 16.5 Å². The first-order valence-electron chi connectivity index (χ1n) is 11.2. The number of nitrogens with zero attached hydrogens (tertiary/aromatic N) is 5. The average Bonchev–Trinajstić information content (AvgIpc) is 3.27. The molecular formula is C27H18BrCl2N5O3. The molecule has 0 saturated heterocycles. The molecule has 0 aliphatic carbocycles. The molecule has 3 heterocycles. The summed E-state index contributed by atoms with van der Waals surface area (Å²) in [4.78, 5) is 41.2. The molecule has 1 amide bonds. The molecule has 5 rings (SSSR count). The maximum absolute atomic E-state index is 12.2. The number of amides is 1. The Labute approximate surface area is 236 Å². The summed E-state index contributed by atoms with van der Waals surface area (Å²) in [6.07, 6.45) is 0. The van der Waals surface area contributed by atoms with Crippen LogP contribution in [0.3, 0.4) is 0 Å². The number of halogens is 3. The molecule has 1 aliphatic heterocycles. The Morgan fingerprint density at radius 3 is 2.16 bits per heavy atom. The van der Waals surface area contributed by atoms with Crippen LogP contribution in [0.1, 0.15) is 39.0 Å². The Morgan fingerprint density at radius 1 is 1.05 bits per heavy atom. The number of hydrogen-bond donors (Lipinski definition) is 0. The third-order valence-electron chi connectivity index (χ3n) is 5.96. The molecule has 0 atom stereocenters. The van der Waals surface area contributed by atoms with Crippen LogP contribution in [-0.2, 0) is 16.6 Å². The smallest absolute Gasteiger partial charge is 0.341 e. The van der Waals surface area contributed by atoms with Crippen LogP contribution < -0.4 is 0 Å². The summed E-state index contributed by atoms with van der Waals surface area (Å²) in [5.41, 5.74) is 4.25. The Balaban J connectivity index is 0.000000177. The second-order valence-corrected chi connectivity index (χ2v) is 9.38. The number of benzene rings is 2. The number of alkyl halides is 1. The van der Waals surface area contributed by atoms with Gasteiger partial charge in [-0.3, -0.25) is 14.8 Å². The summed E-state index contributed by atoms with van der Waals surface area (Å²) < 4.78 is 4.72. The van der Waals surface area contributed by atoms with Crippen molar-refractivity contribution in [1.29, 1.82) is 0 Å². The topological polar surface area (TPSA) is 81.1 Å². The van der Waals surface area contributed by atoms with Crippen molar-refractivity contribution in [2.24, 2.45) is 0 Å². The first-order chi connectivity index (χ1) is 18.3. The average molecular weight is 611 g/mol. The fourth-order valence-electron chi connectivity index (χ4n) is 4.06. The highest BCUT2D eigenvalue weighted by Crippen LogP contribution is 2.35. The van der Waals surface area contributed by atoms with E-state index in [4.69, 9.17) is 41.1 Å². The number of fused-ring (bicyclic) bond motifs is 3. The van der Waals surface area contributed by atoms with Gasteiger partial charge in [-0.05, 0) is 31.2 Å². The van der Waals surface area contributed by atoms with Crippen LogP contribution in [-0.4, -0.2) is 40.4 Å². The largest absolute Gasteiger partial charge is 0.465 e. The van der Waals surface area contributed by atoms with Crippen LogP contribution in [0, 0.1) is 13.1 Å². The van der Waals surface area contributed by atoms with Crippen molar-refractivity contribution in [3.63, 3.8) is 0 Å². The van der Waals surface area contributed by atoms with E-state index >= 15 is 0 Å². The first kappa shape index (κ1) is 27.3. The lowest BCUT2D eigenvalue weighted by molar-refractivity contribution is 0.0599. The molecule has 190 valence electrons. The molecule has 1 aliphatic rings. The first-order valence-corrected chi connectivity index (χ1v) is 13.1. The molecule has 0 fully saturated rings. The SMILES string of the molecule is [C-]#[N+]c1ccc2nc(CBr)c(C(=O)OC)c(Cl)c2c1.[C-]#[N+]c1ccc2nc3c(c(Cl)c2c1)C(=O)N(CC)C3. The fraction of sp³-hybridized carbons (Fsp3) is 0.185. The summed E-state index contributed by atoms with van der Waals surface area (Å²) in [6, 6.07) is 10.1. The number of hydrogen-bond acceptors (Lipinski definition) is 5. The molecule has 0 N–H and O–H groups in total. The Morgan fingerprint density at radius 2 is 1.63 bits per heavy atom. The molecule has 0 spiro atoms. The van der Waals surface area contributed by atoms with Gasteiger partial charge in [-0.1, -0.05) is 51.3 Å². The predicted octanol–water partition coefficient (Wildman–Crippen LogP) is 7.54. The van der Waals surface area contributed by atoms with Gasteiger partial charge >= 0.3 is 5.97 Å². The van der Waals surface area contributed by atoms with E-state index in [1.54, 1.807) is 41.3 Å². The van der Waals surface area contributed by atoms with Gasteiger partial charge in [0.15, 0.2) is 11.4 Å². The van der Waals surface area contributed by atoms with Gasteiger partial charge in [-0.2, -0.15) is 0 Å². The van der Waals surface area contributed by atoms with Crippen LogP contribution in [0.15, 0.2) is 36.4 Å². The number of esters is 1. The number of carbonyl (C=O) groups excluding carboxylic acids is 2. The molecule has 2 aromatic carbocycles. The number of rotatable bonds is 3. The summed E-state index contributed by atoms with van der Waals surface area (Å²) in [6.45, 7) is 17.1. The van der Waals surface area contributed by atoms with Gasteiger partial charge in [0.1, 0.15) is 5.56 Å². The minimum atomic E-state index is -0.540. The molecular weight excluding hydrogens is 593 g/mol. The summed E-state index contributed by atoms with van der Waals surface area (Å²) in [7, 11) is 1.29. The van der Waals surface area contributed by atoms with E-state index in [1.807, 2.05) is 6.92 Å². The molecule has 0 bridgehead atoms. The van der Waals surface area contributed by atoms with E-state index in [0.29, 0.717) is 62.4 Å². The van der Waals surface area contributed by atoms with Crippen molar-refractivity contribution < 1.29 is 14.3 Å². The highest BCUT2D eigenvalue weighted by molar-refractivity contribution is 9.08. The van der Waals surface area contributed by atoms with Crippen molar-refractivity contribution in [1.82, 2.24) is 14.9 Å². The van der Waals surface area contributed by atoms with E-state index in [2.05, 4.69) is 35.6 Å². The zero-order valence-electron chi connectivity index (χ0n) is 20.2. The monoisotopic (exact) mass is 609 g/mol. The van der Waals surface area contributed by atoms with Crippen molar-refractivity contribution in [3.8, 4) is 0 Å². The zero-order valence-corrected chi connectivity index (χ0v) is 23.3. The molecule has 0 unspecified atom stereocenters. The van der Waals surface area contributed by atoms with Gasteiger partial charge in [-0.15, -0.1) is 0 Å². The van der Waals surface area contributed by atoms with E-state index in [1.165, 1.54) is 7.11 Å². The minimum Gasteiger partial charge on any atom is -0.465 e. The molecule has 4 aromatic rings. The predicted molar refractivity (Wildman–Crippen MR) is 150 cm³/mol. The summed E-state index contributed by atoms with van der Waals surface area (Å²) in [5, 5.41) is 2.29. The van der Waals surface area contributed by atoms with Gasteiger partial charge < -0.3 is 9.64 Å². The van der Waals surface area contributed by atoms with Crippen molar-refractivity contribution in [3.05, 3.63) is 91.8 Å². The normalized spacial score (nSPS) is 12.0. The standard InChI is InChI=1S/C14H10ClN3O.C13H8BrClN2O2/c1-3-18-7-11-12(14(18)19)13(15)9-6-8(16-2)4-5-10(9)17-11;1-16-7-3-4-9-8(5-7)12(15)11(13(18)19-2)10(6-14)17-9/h4-6H,3,7H2,1H3;3-5H,6H2,2H3. The molecule has 8 nitrogen and oxygen atoms in total. The highest BCUT2D eigenvalue weighted by atomic mass is 79.9. The molecule has 38 heavy (non-hydrogen) atoms. The quantitative estimate of drug-likeness (QED) is 0.136. The van der Waals surface area contributed by atoms with Gasteiger partial charge in [0.2, 0.25) is 0 Å². The fourth-order valence-corrected chi connectivity index (χ4v) is 5.15. The van der Waals surface area contributed by atoms with Gasteiger partial charge in [0.25, 0.3) is 5.91 Å². The molecule has 11 heteroatoms. The Bertz CT molecular complexity index is 1710. The highest BCUT2D eigenvalue weighted by Gasteiger charge is 2.31. The number of aromatic nitrogens is 2. The van der Waals surface area contributed by atoms with E-state index in [0.717, 1.165) is 11.2 Å². The third-order valence-corrected chi connectivity index (χ3v) is 7.27. The van der Waals surface area contributed by atoms with Crippen LogP contribution in [0.2, 0.25) is 10.0 Å². The summed E-state index contributed by atoms with van der Waals surface area (Å²) in [5.74, 6) is -0.618. The molecule has 2 aromatic heterocycles. The van der Waals surface area contributed by atoms with Crippen LogP contribution in [0.5, 0.6) is 0 Å². The lowest BCUT2D eigenvalue weighted by Crippen LogP contribution is -2.23. The number of pyridine rings is 2. The summed E-state index contributed by atoms with van der Waals surface area (Å²) >= 11 is 15.9. The van der Waals surface area contributed by atoms with E-state index < -0.39 is 5.97 Å². The second-order valence-electron chi connectivity index (χ2n) is 8.07. The van der Waals surface area contributed by atoms with Gasteiger partial charge in [-0.25, -0.2) is 14.5 Å². The lowest BCUT2D eigenvalue weighted by atomic mass is 10.1. The van der Waals surface area contributed by atoms with E-state index in [9.17, 15) is 9.59 Å². The third kappa shape index (κ3) is 4.89. The van der Waals surface area contributed by atoms with Crippen molar-refractivity contribution in [2.75, 3.05) is 13.7 Å².